The van der Waals surface area contributed by atoms with Crippen LogP contribution in [-0.2, 0) is 0 Å². The minimum absolute atomic E-state index is 0.123. The van der Waals surface area contributed by atoms with Crippen molar-refractivity contribution in [3.05, 3.63) is 35.6 Å². The molecule has 0 amide bonds. The highest BCUT2D eigenvalue weighted by atomic mass is 19.1. The Labute approximate surface area is 83.3 Å². The predicted molar refractivity (Wildman–Crippen MR) is 53.4 cm³/mol. The molecule has 0 radical (unpaired) electrons. The Hall–Kier alpha value is -0.890. The number of rotatable bonds is 1. The molecule has 2 heteroatoms. The smallest absolute Gasteiger partial charge is 0.123 e. The van der Waals surface area contributed by atoms with Gasteiger partial charge in [0.15, 0.2) is 0 Å². The van der Waals surface area contributed by atoms with Gasteiger partial charge in [-0.1, -0.05) is 12.1 Å². The topological polar surface area (TPSA) is 12.0 Å². The largest absolute Gasteiger partial charge is 0.310 e. The maximum atomic E-state index is 13.0. The van der Waals surface area contributed by atoms with Crippen LogP contribution >= 0.6 is 0 Å². The molecule has 3 unspecified atom stereocenters. The zero-order chi connectivity index (χ0) is 9.54. The van der Waals surface area contributed by atoms with E-state index in [1.807, 2.05) is 6.07 Å². The lowest BCUT2D eigenvalue weighted by Crippen LogP contribution is -2.28. The van der Waals surface area contributed by atoms with Crippen LogP contribution in [0.15, 0.2) is 24.3 Å². The molecule has 0 bridgehead atoms. The Morgan fingerprint density at radius 2 is 2.14 bits per heavy atom. The molecule has 2 aliphatic rings. The molecule has 1 aromatic rings. The lowest BCUT2D eigenvalue weighted by atomic mass is 9.97. The van der Waals surface area contributed by atoms with E-state index in [1.165, 1.54) is 18.9 Å². The highest BCUT2D eigenvalue weighted by Crippen LogP contribution is 2.47. The molecule has 1 N–H and O–H groups in total. The second-order valence-electron chi connectivity index (χ2n) is 4.51. The van der Waals surface area contributed by atoms with Crippen molar-refractivity contribution >= 4 is 0 Å². The Balaban J connectivity index is 1.80. The van der Waals surface area contributed by atoms with Gasteiger partial charge in [0.2, 0.25) is 0 Å². The highest BCUT2D eigenvalue weighted by molar-refractivity contribution is 5.21. The monoisotopic (exact) mass is 191 g/mol. The Bertz CT molecular complexity index is 350. The van der Waals surface area contributed by atoms with Crippen LogP contribution in [0.2, 0.25) is 0 Å². The van der Waals surface area contributed by atoms with Gasteiger partial charge in [-0.2, -0.15) is 0 Å². The number of hydrogen-bond donors (Lipinski definition) is 1. The number of piperidine rings is 1. The van der Waals surface area contributed by atoms with Gasteiger partial charge in [0.1, 0.15) is 5.82 Å². The van der Waals surface area contributed by atoms with Crippen molar-refractivity contribution in [1.82, 2.24) is 5.32 Å². The molecule has 1 aliphatic carbocycles. The van der Waals surface area contributed by atoms with Gasteiger partial charge in [0.05, 0.1) is 0 Å². The molecule has 1 nitrogen and oxygen atoms in total. The summed E-state index contributed by atoms with van der Waals surface area (Å²) >= 11 is 0. The van der Waals surface area contributed by atoms with E-state index in [0.717, 1.165) is 23.9 Å². The summed E-state index contributed by atoms with van der Waals surface area (Å²) in [5.41, 5.74) is 1.11. The lowest BCUT2D eigenvalue weighted by Gasteiger charge is -2.23. The van der Waals surface area contributed by atoms with E-state index < -0.39 is 0 Å². The van der Waals surface area contributed by atoms with Gasteiger partial charge in [-0.25, -0.2) is 4.39 Å². The number of benzene rings is 1. The summed E-state index contributed by atoms with van der Waals surface area (Å²) in [5.74, 6) is 1.70. The summed E-state index contributed by atoms with van der Waals surface area (Å²) < 4.78 is 13.0. The van der Waals surface area contributed by atoms with Crippen molar-refractivity contribution in [2.75, 3.05) is 6.54 Å². The number of fused-ring (bicyclic) bond motifs is 1. The van der Waals surface area contributed by atoms with Crippen molar-refractivity contribution < 1.29 is 4.39 Å². The SMILES string of the molecule is Fc1cccc(C2CC3CC3CN2)c1. The summed E-state index contributed by atoms with van der Waals surface area (Å²) in [6.45, 7) is 1.12. The zero-order valence-corrected chi connectivity index (χ0v) is 8.04. The van der Waals surface area contributed by atoms with E-state index in [1.54, 1.807) is 12.1 Å². The first-order valence-electron chi connectivity index (χ1n) is 5.32. The average Bonchev–Trinajstić information content (AvgIpc) is 2.95. The molecule has 74 valence electrons. The number of hydrogen-bond acceptors (Lipinski definition) is 1. The molecule has 3 rings (SSSR count). The van der Waals surface area contributed by atoms with Crippen LogP contribution in [0.5, 0.6) is 0 Å². The second kappa shape index (κ2) is 3.06. The van der Waals surface area contributed by atoms with Crippen LogP contribution in [0.3, 0.4) is 0 Å². The fourth-order valence-electron chi connectivity index (χ4n) is 2.51. The molecular weight excluding hydrogens is 177 g/mol. The van der Waals surface area contributed by atoms with Gasteiger partial charge >= 0.3 is 0 Å². The zero-order valence-electron chi connectivity index (χ0n) is 8.04. The quantitative estimate of drug-likeness (QED) is 0.719. The molecule has 1 heterocycles. The van der Waals surface area contributed by atoms with Crippen LogP contribution in [0, 0.1) is 17.7 Å². The summed E-state index contributed by atoms with van der Waals surface area (Å²) in [6, 6.07) is 7.36. The van der Waals surface area contributed by atoms with Crippen LogP contribution < -0.4 is 5.32 Å². The minimum Gasteiger partial charge on any atom is -0.310 e. The standard InChI is InChI=1S/C12H14FN/c13-11-3-1-2-8(5-11)12-6-9-4-10(9)7-14-12/h1-3,5,9-10,12,14H,4,6-7H2. The third-order valence-corrected chi connectivity index (χ3v) is 3.48. The van der Waals surface area contributed by atoms with Crippen molar-refractivity contribution in [2.24, 2.45) is 11.8 Å². The third-order valence-electron chi connectivity index (χ3n) is 3.48. The Morgan fingerprint density at radius 3 is 2.93 bits per heavy atom. The second-order valence-corrected chi connectivity index (χ2v) is 4.51. The van der Waals surface area contributed by atoms with Gasteiger partial charge in [0, 0.05) is 6.04 Å². The molecule has 0 aromatic heterocycles. The summed E-state index contributed by atoms with van der Waals surface area (Å²) in [6.07, 6.45) is 2.56. The number of halogens is 1. The Morgan fingerprint density at radius 1 is 1.21 bits per heavy atom. The maximum absolute atomic E-state index is 13.0. The molecule has 1 aliphatic heterocycles. The molecule has 14 heavy (non-hydrogen) atoms. The van der Waals surface area contributed by atoms with E-state index in [9.17, 15) is 4.39 Å². The third kappa shape index (κ3) is 1.44. The minimum atomic E-state index is -0.123. The van der Waals surface area contributed by atoms with Crippen molar-refractivity contribution in [3.63, 3.8) is 0 Å². The van der Waals surface area contributed by atoms with Crippen molar-refractivity contribution in [1.29, 1.82) is 0 Å². The number of nitrogens with one attached hydrogen (secondary N) is 1. The first-order chi connectivity index (χ1) is 6.83. The van der Waals surface area contributed by atoms with E-state index in [0.29, 0.717) is 6.04 Å². The van der Waals surface area contributed by atoms with Crippen molar-refractivity contribution in [3.8, 4) is 0 Å². The van der Waals surface area contributed by atoms with Gasteiger partial charge in [-0.05, 0) is 48.9 Å². The van der Waals surface area contributed by atoms with Crippen LogP contribution in [0.25, 0.3) is 0 Å². The summed E-state index contributed by atoms with van der Waals surface area (Å²) in [5, 5.41) is 3.49. The fourth-order valence-corrected chi connectivity index (χ4v) is 2.51. The van der Waals surface area contributed by atoms with Crippen LogP contribution in [0.1, 0.15) is 24.4 Å². The predicted octanol–water partition coefficient (Wildman–Crippen LogP) is 2.50. The summed E-state index contributed by atoms with van der Waals surface area (Å²) in [7, 11) is 0. The molecule has 1 aromatic carbocycles. The van der Waals surface area contributed by atoms with Gasteiger partial charge < -0.3 is 5.32 Å². The van der Waals surface area contributed by atoms with Crippen LogP contribution in [0.4, 0.5) is 4.39 Å². The van der Waals surface area contributed by atoms with Crippen molar-refractivity contribution in [2.45, 2.75) is 18.9 Å². The first-order valence-corrected chi connectivity index (χ1v) is 5.32. The van der Waals surface area contributed by atoms with E-state index in [-0.39, 0.29) is 5.82 Å². The van der Waals surface area contributed by atoms with Crippen LogP contribution in [-0.4, -0.2) is 6.54 Å². The average molecular weight is 191 g/mol. The fraction of sp³-hybridized carbons (Fsp3) is 0.500. The van der Waals surface area contributed by atoms with E-state index in [2.05, 4.69) is 5.32 Å². The molecule has 1 saturated carbocycles. The highest BCUT2D eigenvalue weighted by Gasteiger charge is 2.42. The molecule has 2 fully saturated rings. The van der Waals surface area contributed by atoms with E-state index >= 15 is 0 Å². The van der Waals surface area contributed by atoms with Gasteiger partial charge in [0.25, 0.3) is 0 Å². The molecule has 3 atom stereocenters. The normalized spacial score (nSPS) is 35.1. The summed E-state index contributed by atoms with van der Waals surface area (Å²) in [4.78, 5) is 0. The lowest BCUT2D eigenvalue weighted by molar-refractivity contribution is 0.394. The molecule has 0 spiro atoms. The molecule has 1 saturated heterocycles. The van der Waals surface area contributed by atoms with E-state index in [4.69, 9.17) is 0 Å². The van der Waals surface area contributed by atoms with Gasteiger partial charge in [-0.15, -0.1) is 0 Å². The molecular formula is C12H14FN. The maximum Gasteiger partial charge on any atom is 0.123 e. The Kier molecular flexibility index (Phi) is 1.84. The van der Waals surface area contributed by atoms with Gasteiger partial charge in [-0.3, -0.25) is 0 Å². The first kappa shape index (κ1) is 8.42.